The molecule has 1 N–H and O–H groups in total. The van der Waals surface area contributed by atoms with Gasteiger partial charge < -0.3 is 4.74 Å². The maximum absolute atomic E-state index is 11.8. The van der Waals surface area contributed by atoms with Crippen LogP contribution in [0.25, 0.3) is 0 Å². The van der Waals surface area contributed by atoms with Crippen molar-refractivity contribution in [3.63, 3.8) is 0 Å². The van der Waals surface area contributed by atoms with E-state index in [1.165, 1.54) is 19.3 Å². The molecule has 5 nitrogen and oxygen atoms in total. The number of ether oxygens (including phenoxy) is 1. The summed E-state index contributed by atoms with van der Waals surface area (Å²) in [6.07, 6.45) is 4.91. The van der Waals surface area contributed by atoms with Crippen LogP contribution in [0.4, 0.5) is 4.79 Å². The van der Waals surface area contributed by atoms with Gasteiger partial charge in [0.15, 0.2) is 6.23 Å². The number of alkyl carbamates (subject to hydrolysis) is 1. The fourth-order valence-corrected chi connectivity index (χ4v) is 3.03. The first-order chi connectivity index (χ1) is 9.33. The molecule has 0 bridgehead atoms. The van der Waals surface area contributed by atoms with Crippen LogP contribution in [0.15, 0.2) is 0 Å². The molecule has 0 saturated heterocycles. The van der Waals surface area contributed by atoms with Gasteiger partial charge in [0, 0.05) is 5.92 Å². The molecule has 0 aliphatic heterocycles. The van der Waals surface area contributed by atoms with Gasteiger partial charge in [-0.2, -0.15) is 0 Å². The van der Waals surface area contributed by atoms with E-state index in [1.807, 2.05) is 27.7 Å². The standard InChI is InChI=1S/C14H26NO4P/c1-10(11-8-6-5-7-9-11)12(19-20-17)15-13(16)18-14(2,3)4/h10-12,20H,5-9H2,1-4H3/p+1. The van der Waals surface area contributed by atoms with Gasteiger partial charge in [-0.15, -0.1) is 4.52 Å². The van der Waals surface area contributed by atoms with Crippen molar-refractivity contribution in [2.75, 3.05) is 0 Å². The van der Waals surface area contributed by atoms with Crippen molar-refractivity contribution in [2.24, 2.45) is 11.8 Å². The molecular weight excluding hydrogens is 277 g/mol. The predicted octanol–water partition coefficient (Wildman–Crippen LogP) is 4.01. The third kappa shape index (κ3) is 6.19. The van der Waals surface area contributed by atoms with Crippen LogP contribution < -0.4 is 5.32 Å². The fourth-order valence-electron chi connectivity index (χ4n) is 2.65. The third-order valence-corrected chi connectivity index (χ3v) is 4.06. The van der Waals surface area contributed by atoms with Gasteiger partial charge in [-0.25, -0.2) is 4.79 Å². The maximum Gasteiger partial charge on any atom is 0.496 e. The normalized spacial score (nSPS) is 20.4. The Morgan fingerprint density at radius 2 is 1.85 bits per heavy atom. The molecule has 1 amide bonds. The van der Waals surface area contributed by atoms with Crippen LogP contribution in [0.5, 0.6) is 0 Å². The second-order valence-electron chi connectivity index (χ2n) is 6.53. The Morgan fingerprint density at radius 1 is 1.25 bits per heavy atom. The smallest absolute Gasteiger partial charge is 0.444 e. The van der Waals surface area contributed by atoms with E-state index >= 15 is 0 Å². The van der Waals surface area contributed by atoms with Crippen LogP contribution in [0.2, 0.25) is 0 Å². The van der Waals surface area contributed by atoms with E-state index < -0.39 is 26.6 Å². The van der Waals surface area contributed by atoms with Gasteiger partial charge in [0.1, 0.15) is 5.60 Å². The number of amides is 1. The zero-order valence-electron chi connectivity index (χ0n) is 12.9. The van der Waals surface area contributed by atoms with Gasteiger partial charge in [-0.05, 0) is 31.3 Å². The fraction of sp³-hybridized carbons (Fsp3) is 0.929. The summed E-state index contributed by atoms with van der Waals surface area (Å²) in [6.45, 7) is 7.46. The van der Waals surface area contributed by atoms with Crippen molar-refractivity contribution in [2.45, 2.75) is 71.6 Å². The van der Waals surface area contributed by atoms with E-state index in [9.17, 15) is 9.36 Å². The lowest BCUT2D eigenvalue weighted by atomic mass is 9.80. The lowest BCUT2D eigenvalue weighted by molar-refractivity contribution is 0.0243. The highest BCUT2D eigenvalue weighted by molar-refractivity contribution is 7.17. The number of nitrogens with one attached hydrogen (secondary N) is 1. The van der Waals surface area contributed by atoms with E-state index in [-0.39, 0.29) is 5.92 Å². The summed E-state index contributed by atoms with van der Waals surface area (Å²) < 4.78 is 21.2. The molecule has 1 aliphatic rings. The number of hydrogen-bond acceptors (Lipinski definition) is 4. The molecule has 3 atom stereocenters. The molecule has 0 aromatic rings. The second-order valence-corrected chi connectivity index (χ2v) is 6.93. The molecule has 0 radical (unpaired) electrons. The molecule has 1 saturated carbocycles. The minimum absolute atomic E-state index is 0.129. The molecule has 6 heteroatoms. The van der Waals surface area contributed by atoms with Gasteiger partial charge in [0.25, 0.3) is 0 Å². The monoisotopic (exact) mass is 304 g/mol. The Kier molecular flexibility index (Phi) is 6.90. The highest BCUT2D eigenvalue weighted by Crippen LogP contribution is 2.32. The molecule has 1 fully saturated rings. The third-order valence-electron chi connectivity index (χ3n) is 3.71. The molecule has 0 heterocycles. The average molecular weight is 304 g/mol. The predicted molar refractivity (Wildman–Crippen MR) is 79.0 cm³/mol. The largest absolute Gasteiger partial charge is 0.496 e. The Bertz CT molecular complexity index is 324. The van der Waals surface area contributed by atoms with Crippen LogP contribution in [0.1, 0.15) is 59.8 Å². The summed E-state index contributed by atoms with van der Waals surface area (Å²) in [5.74, 6) is 0.629. The minimum Gasteiger partial charge on any atom is -0.444 e. The SMILES string of the molecule is CC(C1CCCCC1)C(NC(=O)OC(C)(C)C)O[PH+]=O. The molecule has 20 heavy (non-hydrogen) atoms. The van der Waals surface area contributed by atoms with Gasteiger partial charge in [-0.1, -0.05) is 39.0 Å². The molecule has 3 unspecified atom stereocenters. The minimum atomic E-state index is -0.888. The highest BCUT2D eigenvalue weighted by Gasteiger charge is 2.32. The van der Waals surface area contributed by atoms with Crippen molar-refractivity contribution in [1.29, 1.82) is 0 Å². The molecule has 0 aromatic heterocycles. The Balaban J connectivity index is 2.58. The zero-order chi connectivity index (χ0) is 15.2. The van der Waals surface area contributed by atoms with Crippen LogP contribution in [0, 0.1) is 11.8 Å². The van der Waals surface area contributed by atoms with E-state index in [0.717, 1.165) is 12.8 Å². The second kappa shape index (κ2) is 7.94. The quantitative estimate of drug-likeness (QED) is 0.615. The van der Waals surface area contributed by atoms with Crippen LogP contribution in [-0.4, -0.2) is 17.9 Å². The van der Waals surface area contributed by atoms with Crippen molar-refractivity contribution >= 4 is 14.8 Å². The lowest BCUT2D eigenvalue weighted by Crippen LogP contribution is -2.44. The zero-order valence-corrected chi connectivity index (χ0v) is 13.9. The van der Waals surface area contributed by atoms with Gasteiger partial charge in [0.05, 0.1) is 0 Å². The van der Waals surface area contributed by atoms with Gasteiger partial charge in [-0.3, -0.25) is 5.32 Å². The van der Waals surface area contributed by atoms with Crippen molar-refractivity contribution in [1.82, 2.24) is 5.32 Å². The summed E-state index contributed by atoms with van der Waals surface area (Å²) in [5.41, 5.74) is -0.553. The number of carbonyl (C=O) groups excluding carboxylic acids is 1. The van der Waals surface area contributed by atoms with Crippen molar-refractivity contribution in [3.05, 3.63) is 0 Å². The average Bonchev–Trinajstić information content (AvgIpc) is 2.36. The molecular formula is C14H27NO4P+. The first-order valence-corrected chi connectivity index (χ1v) is 8.17. The van der Waals surface area contributed by atoms with Crippen LogP contribution >= 0.6 is 8.69 Å². The van der Waals surface area contributed by atoms with E-state index in [2.05, 4.69) is 5.32 Å². The summed E-state index contributed by atoms with van der Waals surface area (Å²) in [6, 6.07) is 0. The highest BCUT2D eigenvalue weighted by atomic mass is 31.1. The first-order valence-electron chi connectivity index (χ1n) is 7.36. The maximum atomic E-state index is 11.8. The number of hydrogen-bond donors (Lipinski definition) is 1. The van der Waals surface area contributed by atoms with Gasteiger partial charge >= 0.3 is 14.8 Å². The van der Waals surface area contributed by atoms with Gasteiger partial charge in [0.2, 0.25) is 0 Å². The Hall–Kier alpha value is -0.670. The van der Waals surface area contributed by atoms with Crippen LogP contribution in [0.3, 0.4) is 0 Å². The summed E-state index contributed by atoms with van der Waals surface area (Å²) >= 11 is 0. The van der Waals surface area contributed by atoms with Crippen molar-refractivity contribution < 1.29 is 18.6 Å². The first kappa shape index (κ1) is 17.4. The topological polar surface area (TPSA) is 64.6 Å². The summed E-state index contributed by atoms with van der Waals surface area (Å²) in [7, 11) is -0.888. The van der Waals surface area contributed by atoms with E-state index in [4.69, 9.17) is 9.26 Å². The molecule has 1 aliphatic carbocycles. The Morgan fingerprint density at radius 3 is 2.35 bits per heavy atom. The van der Waals surface area contributed by atoms with Crippen LogP contribution in [-0.2, 0) is 13.8 Å². The number of rotatable bonds is 5. The Labute approximate surface area is 123 Å². The molecule has 116 valence electrons. The number of carbonyl (C=O) groups is 1. The molecule has 1 rings (SSSR count). The summed E-state index contributed by atoms with van der Waals surface area (Å²) in [5, 5.41) is 2.70. The molecule has 0 aromatic carbocycles. The lowest BCUT2D eigenvalue weighted by Gasteiger charge is -2.31. The summed E-state index contributed by atoms with van der Waals surface area (Å²) in [4.78, 5) is 11.8. The van der Waals surface area contributed by atoms with E-state index in [0.29, 0.717) is 5.92 Å². The van der Waals surface area contributed by atoms with Crippen molar-refractivity contribution in [3.8, 4) is 0 Å². The van der Waals surface area contributed by atoms with E-state index in [1.54, 1.807) is 0 Å². The molecule has 0 spiro atoms.